The van der Waals surface area contributed by atoms with Crippen molar-refractivity contribution in [2.75, 3.05) is 13.2 Å². The number of alkyl halides is 3. The molecule has 1 atom stereocenters. The van der Waals surface area contributed by atoms with Crippen LogP contribution in [0.1, 0.15) is 64.0 Å². The number of halogens is 3. The summed E-state index contributed by atoms with van der Waals surface area (Å²) in [6, 6.07) is 16.0. The minimum Gasteiger partial charge on any atom is -0.489 e. The summed E-state index contributed by atoms with van der Waals surface area (Å²) in [6.07, 6.45) is 3.31. The molecule has 0 N–H and O–H groups in total. The highest BCUT2D eigenvalue weighted by atomic mass is 19.4. The van der Waals surface area contributed by atoms with Crippen LogP contribution < -0.4 is 9.47 Å². The molecule has 2 aromatic rings. The number of carbonyl (C=O) groups is 1. The number of hydrogen-bond donors (Lipinski definition) is 0. The summed E-state index contributed by atoms with van der Waals surface area (Å²) in [4.78, 5) is 11.9. The van der Waals surface area contributed by atoms with Gasteiger partial charge in [0.05, 0.1) is 6.61 Å². The second kappa shape index (κ2) is 14.1. The minimum absolute atomic E-state index is 0.0546. The van der Waals surface area contributed by atoms with Gasteiger partial charge in [-0.25, -0.2) is 4.79 Å². The molecule has 5 nitrogen and oxygen atoms in total. The number of carbonyl (C=O) groups excluding carboxylic acids is 1. The van der Waals surface area contributed by atoms with Gasteiger partial charge in [-0.3, -0.25) is 0 Å². The molecule has 0 amide bonds. The number of esters is 1. The van der Waals surface area contributed by atoms with E-state index < -0.39 is 24.5 Å². The van der Waals surface area contributed by atoms with Crippen molar-refractivity contribution in [1.29, 1.82) is 0 Å². The zero-order chi connectivity index (χ0) is 28.3. The van der Waals surface area contributed by atoms with E-state index in [4.69, 9.17) is 14.2 Å². The first-order valence-corrected chi connectivity index (χ1v) is 13.3. The highest BCUT2D eigenvalue weighted by molar-refractivity contribution is 5.86. The molecule has 0 saturated carbocycles. The highest BCUT2D eigenvalue weighted by Crippen LogP contribution is 2.37. The molecule has 8 heteroatoms. The molecular weight excluding hydrogens is 509 g/mol. The van der Waals surface area contributed by atoms with Gasteiger partial charge in [-0.2, -0.15) is 13.2 Å². The number of ether oxygens (including phenoxy) is 4. The molecular formula is C31H37F3O5. The van der Waals surface area contributed by atoms with Gasteiger partial charge in [-0.15, -0.1) is 0 Å². The molecule has 3 rings (SSSR count). The van der Waals surface area contributed by atoms with Crippen LogP contribution >= 0.6 is 0 Å². The van der Waals surface area contributed by atoms with Gasteiger partial charge in [0.15, 0.2) is 6.61 Å². The lowest BCUT2D eigenvalue weighted by Gasteiger charge is -2.36. The SMILES string of the molecule is CCOC(=O)/C(=C/CC/C(C)=C/CCC1(C)CCc2cc(OCc3ccccc3)ccc2O1)OCC(F)(F)F. The van der Waals surface area contributed by atoms with Crippen LogP contribution in [0.15, 0.2) is 72.0 Å². The monoisotopic (exact) mass is 546 g/mol. The quantitative estimate of drug-likeness (QED) is 0.111. The Morgan fingerprint density at radius 1 is 1.08 bits per heavy atom. The van der Waals surface area contributed by atoms with Crippen molar-refractivity contribution in [3.8, 4) is 11.5 Å². The first-order valence-electron chi connectivity index (χ1n) is 13.3. The van der Waals surface area contributed by atoms with Gasteiger partial charge >= 0.3 is 12.1 Å². The lowest BCUT2D eigenvalue weighted by Crippen LogP contribution is -2.36. The fourth-order valence-electron chi connectivity index (χ4n) is 4.29. The smallest absolute Gasteiger partial charge is 0.422 e. The van der Waals surface area contributed by atoms with E-state index in [0.29, 0.717) is 19.4 Å². The molecule has 0 aliphatic carbocycles. The van der Waals surface area contributed by atoms with Crippen molar-refractivity contribution < 1.29 is 36.9 Å². The maximum absolute atomic E-state index is 12.5. The summed E-state index contributed by atoms with van der Waals surface area (Å²) in [5.74, 6) is 0.414. The Morgan fingerprint density at radius 2 is 1.85 bits per heavy atom. The molecule has 0 saturated heterocycles. The zero-order valence-corrected chi connectivity index (χ0v) is 22.8. The van der Waals surface area contributed by atoms with Crippen LogP contribution in [0.3, 0.4) is 0 Å². The van der Waals surface area contributed by atoms with Crippen LogP contribution in [0, 0.1) is 0 Å². The van der Waals surface area contributed by atoms with Crippen molar-refractivity contribution >= 4 is 5.97 Å². The van der Waals surface area contributed by atoms with Gasteiger partial charge in [0, 0.05) is 0 Å². The van der Waals surface area contributed by atoms with Crippen molar-refractivity contribution in [2.24, 2.45) is 0 Å². The minimum atomic E-state index is -4.53. The average Bonchev–Trinajstić information content (AvgIpc) is 2.89. The lowest BCUT2D eigenvalue weighted by molar-refractivity contribution is -0.170. The molecule has 0 aromatic heterocycles. The largest absolute Gasteiger partial charge is 0.489 e. The van der Waals surface area contributed by atoms with E-state index in [2.05, 4.69) is 23.8 Å². The zero-order valence-electron chi connectivity index (χ0n) is 22.8. The molecule has 0 radical (unpaired) electrons. The summed E-state index contributed by atoms with van der Waals surface area (Å²) in [5, 5.41) is 0. The van der Waals surface area contributed by atoms with Crippen LogP contribution in [0.4, 0.5) is 13.2 Å². The molecule has 1 unspecified atom stereocenters. The van der Waals surface area contributed by atoms with Crippen molar-refractivity contribution in [1.82, 2.24) is 0 Å². The number of hydrogen-bond acceptors (Lipinski definition) is 5. The van der Waals surface area contributed by atoms with E-state index in [1.165, 1.54) is 6.08 Å². The standard InChI is InChI=1S/C31H37F3O5/c1-4-36-29(35)28(38-22-31(32,33)34)14-8-10-23(2)11-9-18-30(3)19-17-25-20-26(15-16-27(25)39-30)37-21-24-12-6-5-7-13-24/h5-7,11-16,20H,4,8-10,17-19,21-22H2,1-3H3/b23-11+,28-14-. The molecule has 0 bridgehead atoms. The number of rotatable bonds is 13. The Hall–Kier alpha value is -3.42. The first kappa shape index (κ1) is 30.1. The van der Waals surface area contributed by atoms with E-state index >= 15 is 0 Å². The fraction of sp³-hybridized carbons (Fsp3) is 0.452. The topological polar surface area (TPSA) is 54.0 Å². The average molecular weight is 547 g/mol. The number of aryl methyl sites for hydroxylation is 1. The molecule has 39 heavy (non-hydrogen) atoms. The Bertz CT molecular complexity index is 1140. The molecule has 1 aliphatic heterocycles. The van der Waals surface area contributed by atoms with Crippen LogP contribution in [0.5, 0.6) is 11.5 Å². The molecule has 212 valence electrons. The number of allylic oxidation sites excluding steroid dienone is 3. The van der Waals surface area contributed by atoms with Crippen molar-refractivity contribution in [2.45, 2.75) is 77.7 Å². The number of benzene rings is 2. The van der Waals surface area contributed by atoms with Crippen LogP contribution in [-0.2, 0) is 27.3 Å². The summed E-state index contributed by atoms with van der Waals surface area (Å²) in [7, 11) is 0. The predicted octanol–water partition coefficient (Wildman–Crippen LogP) is 7.88. The molecule has 2 aromatic carbocycles. The van der Waals surface area contributed by atoms with Gasteiger partial charge < -0.3 is 18.9 Å². The third-order valence-electron chi connectivity index (χ3n) is 6.46. The second-order valence-corrected chi connectivity index (χ2v) is 9.92. The second-order valence-electron chi connectivity index (χ2n) is 9.92. The van der Waals surface area contributed by atoms with Crippen LogP contribution in [0.25, 0.3) is 0 Å². The maximum atomic E-state index is 12.5. The third-order valence-corrected chi connectivity index (χ3v) is 6.46. The molecule has 0 fully saturated rings. The predicted molar refractivity (Wildman–Crippen MR) is 144 cm³/mol. The first-order chi connectivity index (χ1) is 18.6. The molecule has 1 aliphatic rings. The Labute approximate surface area is 228 Å². The number of fused-ring (bicyclic) bond motifs is 1. The van der Waals surface area contributed by atoms with E-state index in [1.807, 2.05) is 49.4 Å². The van der Waals surface area contributed by atoms with Gasteiger partial charge in [0.2, 0.25) is 5.76 Å². The third kappa shape index (κ3) is 10.3. The van der Waals surface area contributed by atoms with Crippen LogP contribution in [0.2, 0.25) is 0 Å². The lowest BCUT2D eigenvalue weighted by atomic mass is 9.88. The van der Waals surface area contributed by atoms with Crippen molar-refractivity contribution in [3.05, 3.63) is 83.1 Å². The maximum Gasteiger partial charge on any atom is 0.422 e. The molecule has 1 heterocycles. The summed E-state index contributed by atoms with van der Waals surface area (Å²) in [5.41, 5.74) is 3.04. The Morgan fingerprint density at radius 3 is 2.56 bits per heavy atom. The Kier molecular flexibility index (Phi) is 10.9. The van der Waals surface area contributed by atoms with E-state index in [9.17, 15) is 18.0 Å². The van der Waals surface area contributed by atoms with E-state index in [0.717, 1.165) is 53.9 Å². The highest BCUT2D eigenvalue weighted by Gasteiger charge is 2.31. The van der Waals surface area contributed by atoms with Gasteiger partial charge in [0.25, 0.3) is 0 Å². The Balaban J connectivity index is 1.48. The fourth-order valence-corrected chi connectivity index (χ4v) is 4.29. The van der Waals surface area contributed by atoms with Gasteiger partial charge in [0.1, 0.15) is 23.7 Å². The molecule has 0 spiro atoms. The summed E-state index contributed by atoms with van der Waals surface area (Å²) >= 11 is 0. The van der Waals surface area contributed by atoms with Gasteiger partial charge in [-0.1, -0.05) is 42.0 Å². The van der Waals surface area contributed by atoms with Crippen LogP contribution in [-0.4, -0.2) is 31.0 Å². The van der Waals surface area contributed by atoms with Crippen molar-refractivity contribution in [3.63, 3.8) is 0 Å². The van der Waals surface area contributed by atoms with E-state index in [1.54, 1.807) is 6.92 Å². The van der Waals surface area contributed by atoms with E-state index in [-0.39, 0.29) is 12.2 Å². The normalized spacial score (nSPS) is 17.7. The summed E-state index contributed by atoms with van der Waals surface area (Å²) < 4.78 is 59.3. The summed E-state index contributed by atoms with van der Waals surface area (Å²) in [6.45, 7) is 4.70. The van der Waals surface area contributed by atoms with Gasteiger partial charge in [-0.05, 0) is 94.7 Å².